The summed E-state index contributed by atoms with van der Waals surface area (Å²) in [4.78, 5) is 23.0. The number of non-ortho nitro benzene ring substituents is 1. The summed E-state index contributed by atoms with van der Waals surface area (Å²) in [6.07, 6.45) is 0.311. The van der Waals surface area contributed by atoms with Crippen molar-refractivity contribution in [2.24, 2.45) is 0 Å². The van der Waals surface area contributed by atoms with Gasteiger partial charge in [0.25, 0.3) is 5.69 Å². The number of methoxy groups -OCH3 is 1. The SMILES string of the molecule is COc1ccc(-c2cccs2)cc1C(=C=O)Cc1ccc([N+](=O)[O-])cc1. The van der Waals surface area contributed by atoms with Crippen molar-refractivity contribution in [3.05, 3.63) is 81.2 Å². The number of allylic oxidation sites excluding steroid dienone is 1. The largest absolute Gasteiger partial charge is 0.496 e. The van der Waals surface area contributed by atoms with Crippen LogP contribution in [0, 0.1) is 10.1 Å². The Hall–Kier alpha value is -3.21. The molecule has 0 aliphatic rings. The van der Waals surface area contributed by atoms with Crippen LogP contribution in [0.15, 0.2) is 60.0 Å². The fraction of sp³-hybridized carbons (Fsp3) is 0.100. The second-order valence-electron chi connectivity index (χ2n) is 5.57. The van der Waals surface area contributed by atoms with Gasteiger partial charge in [-0.1, -0.05) is 18.2 Å². The number of hydrogen-bond donors (Lipinski definition) is 0. The minimum atomic E-state index is -0.451. The summed E-state index contributed by atoms with van der Waals surface area (Å²) >= 11 is 1.61. The Morgan fingerprint density at radius 1 is 1.19 bits per heavy atom. The van der Waals surface area contributed by atoms with E-state index in [4.69, 9.17) is 4.74 Å². The van der Waals surface area contributed by atoms with Crippen molar-refractivity contribution in [1.82, 2.24) is 0 Å². The van der Waals surface area contributed by atoms with Crippen LogP contribution in [0.1, 0.15) is 11.1 Å². The molecule has 130 valence electrons. The van der Waals surface area contributed by atoms with Gasteiger partial charge in [-0.2, -0.15) is 0 Å². The van der Waals surface area contributed by atoms with Crippen LogP contribution < -0.4 is 4.74 Å². The molecular formula is C20H15NO4S. The van der Waals surface area contributed by atoms with E-state index in [9.17, 15) is 14.9 Å². The van der Waals surface area contributed by atoms with Gasteiger partial charge in [0.2, 0.25) is 0 Å². The predicted octanol–water partition coefficient (Wildman–Crippen LogP) is 4.79. The van der Waals surface area contributed by atoms with Gasteiger partial charge in [0.15, 0.2) is 0 Å². The molecular weight excluding hydrogens is 350 g/mol. The third-order valence-corrected chi connectivity index (χ3v) is 4.90. The maximum atomic E-state index is 11.6. The van der Waals surface area contributed by atoms with Gasteiger partial charge < -0.3 is 4.74 Å². The first-order valence-corrected chi connectivity index (χ1v) is 8.70. The minimum Gasteiger partial charge on any atom is -0.496 e. The van der Waals surface area contributed by atoms with Crippen LogP contribution in [0.2, 0.25) is 0 Å². The van der Waals surface area contributed by atoms with Crippen LogP contribution in [0.5, 0.6) is 5.75 Å². The van der Waals surface area contributed by atoms with Gasteiger partial charge in [-0.05, 0) is 40.8 Å². The van der Waals surface area contributed by atoms with Gasteiger partial charge in [-0.15, -0.1) is 11.3 Å². The van der Waals surface area contributed by atoms with Crippen LogP contribution in [0.4, 0.5) is 5.69 Å². The molecule has 0 aliphatic heterocycles. The lowest BCUT2D eigenvalue weighted by Gasteiger charge is -2.11. The first-order chi connectivity index (χ1) is 12.6. The lowest BCUT2D eigenvalue weighted by molar-refractivity contribution is -0.384. The van der Waals surface area contributed by atoms with Crippen molar-refractivity contribution < 1.29 is 14.5 Å². The van der Waals surface area contributed by atoms with Gasteiger partial charge in [-0.3, -0.25) is 10.1 Å². The molecule has 26 heavy (non-hydrogen) atoms. The molecule has 6 heteroatoms. The molecule has 0 bridgehead atoms. The molecule has 0 aliphatic carbocycles. The number of ether oxygens (including phenoxy) is 1. The summed E-state index contributed by atoms with van der Waals surface area (Å²) in [5.74, 6) is 2.60. The maximum absolute atomic E-state index is 11.6. The quantitative estimate of drug-likeness (QED) is 0.358. The number of benzene rings is 2. The molecule has 0 atom stereocenters. The van der Waals surface area contributed by atoms with E-state index in [-0.39, 0.29) is 5.69 Å². The second kappa shape index (κ2) is 7.78. The monoisotopic (exact) mass is 365 g/mol. The van der Waals surface area contributed by atoms with Crippen LogP contribution in [0.3, 0.4) is 0 Å². The van der Waals surface area contributed by atoms with Crippen LogP contribution >= 0.6 is 11.3 Å². The Labute approximate surface area is 154 Å². The highest BCUT2D eigenvalue weighted by atomic mass is 32.1. The van der Waals surface area contributed by atoms with Crippen molar-refractivity contribution in [3.8, 4) is 16.2 Å². The summed E-state index contributed by atoms with van der Waals surface area (Å²) in [5, 5.41) is 12.8. The van der Waals surface area contributed by atoms with Crippen molar-refractivity contribution in [1.29, 1.82) is 0 Å². The lowest BCUT2D eigenvalue weighted by atomic mass is 9.96. The van der Waals surface area contributed by atoms with Crippen molar-refractivity contribution in [2.75, 3.05) is 7.11 Å². The van der Waals surface area contributed by atoms with Gasteiger partial charge in [0, 0.05) is 29.0 Å². The third kappa shape index (κ3) is 3.72. The fourth-order valence-corrected chi connectivity index (χ4v) is 3.39. The van der Waals surface area contributed by atoms with E-state index in [2.05, 4.69) is 0 Å². The minimum absolute atomic E-state index is 0.0163. The molecule has 0 amide bonds. The first kappa shape index (κ1) is 17.6. The highest BCUT2D eigenvalue weighted by Gasteiger charge is 2.14. The molecule has 3 rings (SSSR count). The van der Waals surface area contributed by atoms with E-state index in [0.29, 0.717) is 23.3 Å². The summed E-state index contributed by atoms with van der Waals surface area (Å²) in [6.45, 7) is 0. The zero-order valence-corrected chi connectivity index (χ0v) is 14.8. The van der Waals surface area contributed by atoms with Crippen LogP contribution in [-0.4, -0.2) is 18.0 Å². The standard InChI is InChI=1S/C20H15NO4S/c1-25-19-9-6-15(20-3-2-10-26-20)12-18(19)16(13-22)11-14-4-7-17(8-5-14)21(23)24/h2-10,12H,11H2,1H3. The normalized spacial score (nSPS) is 10.2. The molecule has 2 aromatic carbocycles. The Morgan fingerprint density at radius 3 is 2.54 bits per heavy atom. The Morgan fingerprint density at radius 2 is 1.96 bits per heavy atom. The molecule has 1 aromatic heterocycles. The molecule has 0 radical (unpaired) electrons. The first-order valence-electron chi connectivity index (χ1n) is 7.82. The molecule has 0 saturated carbocycles. The number of nitro groups is 1. The van der Waals surface area contributed by atoms with Crippen LogP contribution in [0.25, 0.3) is 16.0 Å². The van der Waals surface area contributed by atoms with E-state index < -0.39 is 4.92 Å². The summed E-state index contributed by atoms with van der Waals surface area (Å²) in [5.41, 5.74) is 2.91. The number of carbonyl (C=O) groups excluding carboxylic acids is 1. The Bertz CT molecular complexity index is 972. The van der Waals surface area contributed by atoms with Gasteiger partial charge in [-0.25, -0.2) is 4.79 Å². The zero-order valence-electron chi connectivity index (χ0n) is 14.0. The van der Waals surface area contributed by atoms with Gasteiger partial charge >= 0.3 is 0 Å². The number of nitro benzene ring substituents is 1. The maximum Gasteiger partial charge on any atom is 0.269 e. The van der Waals surface area contributed by atoms with Gasteiger partial charge in [0.05, 0.1) is 17.6 Å². The van der Waals surface area contributed by atoms with Crippen molar-refractivity contribution in [3.63, 3.8) is 0 Å². The average molecular weight is 365 g/mol. The molecule has 3 aromatic rings. The average Bonchev–Trinajstić information content (AvgIpc) is 3.20. The third-order valence-electron chi connectivity index (χ3n) is 3.98. The highest BCUT2D eigenvalue weighted by molar-refractivity contribution is 7.13. The zero-order chi connectivity index (χ0) is 18.5. The van der Waals surface area contributed by atoms with E-state index in [0.717, 1.165) is 16.0 Å². The predicted molar refractivity (Wildman–Crippen MR) is 102 cm³/mol. The molecule has 0 fully saturated rings. The van der Waals surface area contributed by atoms with E-state index in [1.54, 1.807) is 30.6 Å². The van der Waals surface area contributed by atoms with Gasteiger partial charge in [0.1, 0.15) is 11.7 Å². The molecule has 0 unspecified atom stereocenters. The van der Waals surface area contributed by atoms with Crippen molar-refractivity contribution in [2.45, 2.75) is 6.42 Å². The summed E-state index contributed by atoms with van der Waals surface area (Å²) in [7, 11) is 1.55. The van der Waals surface area contributed by atoms with E-state index >= 15 is 0 Å². The van der Waals surface area contributed by atoms with E-state index in [1.165, 1.54) is 12.1 Å². The number of thiophene rings is 1. The molecule has 1 heterocycles. The summed E-state index contributed by atoms with van der Waals surface area (Å²) < 4.78 is 5.40. The number of rotatable bonds is 6. The van der Waals surface area contributed by atoms with Crippen molar-refractivity contribution >= 4 is 28.5 Å². The highest BCUT2D eigenvalue weighted by Crippen LogP contribution is 2.33. The lowest BCUT2D eigenvalue weighted by Crippen LogP contribution is -1.97. The second-order valence-corrected chi connectivity index (χ2v) is 6.52. The number of nitrogens with zero attached hydrogens (tertiary/aromatic N) is 1. The smallest absolute Gasteiger partial charge is 0.269 e. The van der Waals surface area contributed by atoms with Crippen LogP contribution in [-0.2, 0) is 11.2 Å². The fourth-order valence-electron chi connectivity index (χ4n) is 2.67. The molecule has 5 nitrogen and oxygen atoms in total. The molecule has 0 saturated heterocycles. The Kier molecular flexibility index (Phi) is 5.27. The Balaban J connectivity index is 1.95. The topological polar surface area (TPSA) is 69.4 Å². The molecule has 0 N–H and O–H groups in total. The summed E-state index contributed by atoms with van der Waals surface area (Å²) in [6, 6.07) is 15.8. The van der Waals surface area contributed by atoms with E-state index in [1.807, 2.05) is 41.7 Å². The molecule has 0 spiro atoms. The number of hydrogen-bond acceptors (Lipinski definition) is 5.